The first-order chi connectivity index (χ1) is 8.63. The van der Waals surface area contributed by atoms with Crippen LogP contribution in [0.4, 0.5) is 0 Å². The summed E-state index contributed by atoms with van der Waals surface area (Å²) in [6, 6.07) is 7.47. The summed E-state index contributed by atoms with van der Waals surface area (Å²) >= 11 is 0. The van der Waals surface area contributed by atoms with Crippen LogP contribution >= 0.6 is 0 Å². The van der Waals surface area contributed by atoms with Gasteiger partial charge in [0.1, 0.15) is 0 Å². The molecule has 18 heavy (non-hydrogen) atoms. The molecule has 2 heterocycles. The fourth-order valence-corrected chi connectivity index (χ4v) is 2.23. The van der Waals surface area contributed by atoms with Crippen LogP contribution < -0.4 is 0 Å². The van der Waals surface area contributed by atoms with E-state index in [-0.39, 0.29) is 5.69 Å². The minimum Gasteiger partial charge on any atom is -0.476 e. The van der Waals surface area contributed by atoms with Gasteiger partial charge < -0.3 is 9.63 Å². The van der Waals surface area contributed by atoms with Crippen molar-refractivity contribution in [3.05, 3.63) is 41.1 Å². The van der Waals surface area contributed by atoms with Crippen LogP contribution in [0.3, 0.4) is 0 Å². The molecule has 5 heteroatoms. The molecule has 0 saturated heterocycles. The highest BCUT2D eigenvalue weighted by atomic mass is 16.5. The van der Waals surface area contributed by atoms with E-state index in [1.807, 2.05) is 12.1 Å². The summed E-state index contributed by atoms with van der Waals surface area (Å²) in [5, 5.41) is 12.3. The van der Waals surface area contributed by atoms with Crippen molar-refractivity contribution in [3.8, 4) is 11.3 Å². The number of nitrogens with zero attached hydrogens (tertiary/aromatic N) is 2. The van der Waals surface area contributed by atoms with Crippen LogP contribution in [0.25, 0.3) is 11.3 Å². The first-order valence-corrected chi connectivity index (χ1v) is 5.64. The predicted molar refractivity (Wildman–Crippen MR) is 64.1 cm³/mol. The van der Waals surface area contributed by atoms with E-state index in [9.17, 15) is 4.79 Å². The van der Waals surface area contributed by atoms with Crippen molar-refractivity contribution in [1.82, 2.24) is 10.1 Å². The van der Waals surface area contributed by atoms with Gasteiger partial charge in [-0.3, -0.25) is 4.90 Å². The summed E-state index contributed by atoms with van der Waals surface area (Å²) in [6.07, 6.45) is 0. The number of aromatic nitrogens is 1. The monoisotopic (exact) mass is 244 g/mol. The number of hydrogen-bond acceptors (Lipinski definition) is 4. The van der Waals surface area contributed by atoms with Crippen LogP contribution in [0, 0.1) is 0 Å². The molecule has 0 spiro atoms. The summed E-state index contributed by atoms with van der Waals surface area (Å²) in [4.78, 5) is 13.0. The van der Waals surface area contributed by atoms with E-state index in [2.05, 4.69) is 23.2 Å². The van der Waals surface area contributed by atoms with Crippen LogP contribution in [-0.4, -0.2) is 28.2 Å². The Labute approximate surface area is 104 Å². The second-order valence-electron chi connectivity index (χ2n) is 4.54. The van der Waals surface area contributed by atoms with E-state index < -0.39 is 5.97 Å². The number of carboxylic acids is 1. The van der Waals surface area contributed by atoms with Crippen molar-refractivity contribution in [2.75, 3.05) is 7.05 Å². The van der Waals surface area contributed by atoms with Gasteiger partial charge in [0, 0.05) is 24.7 Å². The molecule has 1 aromatic heterocycles. The lowest BCUT2D eigenvalue weighted by Gasteiger charge is -2.02. The van der Waals surface area contributed by atoms with Crippen LogP contribution in [-0.2, 0) is 13.1 Å². The Morgan fingerprint density at radius 2 is 2.11 bits per heavy atom. The van der Waals surface area contributed by atoms with E-state index in [4.69, 9.17) is 9.63 Å². The third-order valence-electron chi connectivity index (χ3n) is 3.10. The van der Waals surface area contributed by atoms with Gasteiger partial charge >= 0.3 is 5.97 Å². The van der Waals surface area contributed by atoms with E-state index in [0.29, 0.717) is 5.76 Å². The molecule has 0 bridgehead atoms. The minimum absolute atomic E-state index is 0.0670. The van der Waals surface area contributed by atoms with Crippen LogP contribution in [0.1, 0.15) is 21.6 Å². The maximum atomic E-state index is 10.7. The number of fused-ring (bicyclic) bond motifs is 1. The quantitative estimate of drug-likeness (QED) is 0.875. The van der Waals surface area contributed by atoms with Crippen molar-refractivity contribution in [2.24, 2.45) is 0 Å². The first-order valence-electron chi connectivity index (χ1n) is 5.64. The zero-order valence-corrected chi connectivity index (χ0v) is 9.88. The summed E-state index contributed by atoms with van der Waals surface area (Å²) in [5.74, 6) is -0.587. The Kier molecular flexibility index (Phi) is 2.41. The normalized spacial score (nSPS) is 14.7. The van der Waals surface area contributed by atoms with Crippen molar-refractivity contribution >= 4 is 5.97 Å². The second-order valence-corrected chi connectivity index (χ2v) is 4.54. The van der Waals surface area contributed by atoms with Gasteiger partial charge in [-0.05, 0) is 24.2 Å². The SMILES string of the molecule is CN1Cc2ccc(-c3cc(C(=O)O)no3)cc2C1. The number of rotatable bonds is 2. The van der Waals surface area contributed by atoms with Gasteiger partial charge in [0.15, 0.2) is 11.5 Å². The third-order valence-corrected chi connectivity index (χ3v) is 3.10. The maximum Gasteiger partial charge on any atom is 0.358 e. The summed E-state index contributed by atoms with van der Waals surface area (Å²) in [5.41, 5.74) is 3.36. The van der Waals surface area contributed by atoms with Gasteiger partial charge in [-0.15, -0.1) is 0 Å². The Balaban J connectivity index is 1.97. The van der Waals surface area contributed by atoms with E-state index in [1.54, 1.807) is 0 Å². The largest absolute Gasteiger partial charge is 0.476 e. The van der Waals surface area contributed by atoms with Gasteiger partial charge in [-0.2, -0.15) is 0 Å². The summed E-state index contributed by atoms with van der Waals surface area (Å²) in [7, 11) is 2.07. The first kappa shape index (κ1) is 11.0. The van der Waals surface area contributed by atoms with E-state index >= 15 is 0 Å². The van der Waals surface area contributed by atoms with Crippen LogP contribution in [0.5, 0.6) is 0 Å². The molecule has 0 saturated carbocycles. The molecule has 0 unspecified atom stereocenters. The molecule has 0 radical (unpaired) electrons. The number of carboxylic acid groups (broad SMARTS) is 1. The maximum absolute atomic E-state index is 10.7. The predicted octanol–water partition coefficient (Wildman–Crippen LogP) is 1.99. The molecule has 5 nitrogen and oxygen atoms in total. The molecule has 1 N–H and O–H groups in total. The second kappa shape index (κ2) is 3.96. The molecule has 1 aromatic carbocycles. The van der Waals surface area contributed by atoms with Gasteiger partial charge in [0.05, 0.1) is 0 Å². The number of benzene rings is 1. The molecule has 0 atom stereocenters. The van der Waals surface area contributed by atoms with Crippen molar-refractivity contribution in [1.29, 1.82) is 0 Å². The molecule has 3 rings (SSSR count). The minimum atomic E-state index is -1.08. The summed E-state index contributed by atoms with van der Waals surface area (Å²) < 4.78 is 5.05. The van der Waals surface area contributed by atoms with E-state index in [1.165, 1.54) is 17.2 Å². The standard InChI is InChI=1S/C13H12N2O3/c1-15-6-9-3-2-8(4-10(9)7-15)12-5-11(13(16)17)14-18-12/h2-5H,6-7H2,1H3,(H,16,17). The van der Waals surface area contributed by atoms with Crippen LogP contribution in [0.2, 0.25) is 0 Å². The van der Waals surface area contributed by atoms with Crippen molar-refractivity contribution in [3.63, 3.8) is 0 Å². The Bertz CT molecular complexity index is 618. The topological polar surface area (TPSA) is 66.6 Å². The van der Waals surface area contributed by atoms with Gasteiger partial charge in [-0.1, -0.05) is 17.3 Å². The lowest BCUT2D eigenvalue weighted by atomic mass is 10.0. The molecule has 92 valence electrons. The zero-order chi connectivity index (χ0) is 12.7. The Morgan fingerprint density at radius 3 is 2.83 bits per heavy atom. The lowest BCUT2D eigenvalue weighted by molar-refractivity contribution is 0.0686. The molecule has 0 aliphatic carbocycles. The number of carbonyl (C=O) groups is 1. The van der Waals surface area contributed by atoms with E-state index in [0.717, 1.165) is 18.7 Å². The Hall–Kier alpha value is -2.14. The van der Waals surface area contributed by atoms with Gasteiger partial charge in [0.25, 0.3) is 0 Å². The number of aromatic carboxylic acids is 1. The molecule has 1 aliphatic heterocycles. The van der Waals surface area contributed by atoms with Crippen molar-refractivity contribution < 1.29 is 14.4 Å². The Morgan fingerprint density at radius 1 is 1.33 bits per heavy atom. The average molecular weight is 244 g/mol. The highest BCUT2D eigenvalue weighted by molar-refractivity contribution is 5.86. The van der Waals surface area contributed by atoms with Gasteiger partial charge in [0.2, 0.25) is 0 Å². The lowest BCUT2D eigenvalue weighted by Crippen LogP contribution is -2.07. The average Bonchev–Trinajstić information content (AvgIpc) is 2.91. The molecule has 1 aliphatic rings. The van der Waals surface area contributed by atoms with Crippen LogP contribution in [0.15, 0.2) is 28.8 Å². The molecule has 2 aromatic rings. The van der Waals surface area contributed by atoms with Crippen molar-refractivity contribution in [2.45, 2.75) is 13.1 Å². The molecular weight excluding hydrogens is 232 g/mol. The molecule has 0 amide bonds. The van der Waals surface area contributed by atoms with Gasteiger partial charge in [-0.25, -0.2) is 4.79 Å². The zero-order valence-electron chi connectivity index (χ0n) is 9.88. The number of hydrogen-bond donors (Lipinski definition) is 1. The highest BCUT2D eigenvalue weighted by Crippen LogP contribution is 2.28. The molecular formula is C13H12N2O3. The molecule has 0 fully saturated rings. The smallest absolute Gasteiger partial charge is 0.358 e. The summed E-state index contributed by atoms with van der Waals surface area (Å²) in [6.45, 7) is 1.86. The fourth-order valence-electron chi connectivity index (χ4n) is 2.23. The highest BCUT2D eigenvalue weighted by Gasteiger charge is 2.18. The fraction of sp³-hybridized carbons (Fsp3) is 0.231. The third kappa shape index (κ3) is 1.78.